The number of nitrogens with zero attached hydrogens (tertiary/aromatic N) is 1. The van der Waals surface area contributed by atoms with E-state index >= 15 is 0 Å². The van der Waals surface area contributed by atoms with Crippen LogP contribution in [0, 0.1) is 3.57 Å². The second-order valence-electron chi connectivity index (χ2n) is 5.78. The number of hydrogen-bond acceptors (Lipinski definition) is 5. The van der Waals surface area contributed by atoms with E-state index in [1.807, 2.05) is 6.07 Å². The van der Waals surface area contributed by atoms with Crippen LogP contribution >= 0.6 is 45.8 Å². The first kappa shape index (κ1) is 24.0. The average Bonchev–Trinajstić information content (AvgIpc) is 2.69. The molecule has 0 aliphatic rings. The van der Waals surface area contributed by atoms with E-state index in [1.165, 1.54) is 19.4 Å². The summed E-state index contributed by atoms with van der Waals surface area (Å²) in [4.78, 5) is 23.9. The topological polar surface area (TPSA) is 89.0 Å². The first-order valence-corrected chi connectivity index (χ1v) is 10.4. The van der Waals surface area contributed by atoms with Crippen molar-refractivity contribution in [3.05, 3.63) is 62.2 Å². The molecule has 2 amide bonds. The van der Waals surface area contributed by atoms with E-state index in [9.17, 15) is 9.59 Å². The SMILES string of the molecule is C=CCOc1c(I)cc(C=NNC(=O)CC(=O)Nc2ccc(Cl)c(Cl)c2)cc1OC. The van der Waals surface area contributed by atoms with Crippen LogP contribution in [-0.2, 0) is 9.59 Å². The molecule has 0 unspecified atom stereocenters. The zero-order chi connectivity index (χ0) is 22.1. The van der Waals surface area contributed by atoms with Crippen LogP contribution < -0.4 is 20.2 Å². The van der Waals surface area contributed by atoms with Gasteiger partial charge >= 0.3 is 0 Å². The molecule has 0 aliphatic heterocycles. The summed E-state index contributed by atoms with van der Waals surface area (Å²) in [6.45, 7) is 3.96. The molecule has 2 N–H and O–H groups in total. The minimum atomic E-state index is -0.573. The number of nitrogens with one attached hydrogen (secondary N) is 2. The number of rotatable bonds is 9. The predicted octanol–water partition coefficient (Wildman–Crippen LogP) is 4.65. The van der Waals surface area contributed by atoms with Gasteiger partial charge in [-0.05, 0) is 58.5 Å². The maximum Gasteiger partial charge on any atom is 0.249 e. The number of amides is 2. The first-order valence-electron chi connectivity index (χ1n) is 8.52. The quantitative estimate of drug-likeness (QED) is 0.153. The highest BCUT2D eigenvalue weighted by Crippen LogP contribution is 2.33. The minimum Gasteiger partial charge on any atom is -0.493 e. The van der Waals surface area contributed by atoms with Crippen LogP contribution in [0.15, 0.2) is 48.1 Å². The highest BCUT2D eigenvalue weighted by atomic mass is 127. The molecular weight excluding hydrogens is 544 g/mol. The maximum absolute atomic E-state index is 12.0. The van der Waals surface area contributed by atoms with Gasteiger partial charge < -0.3 is 14.8 Å². The Balaban J connectivity index is 1.93. The summed E-state index contributed by atoms with van der Waals surface area (Å²) in [5.41, 5.74) is 3.43. The molecule has 0 atom stereocenters. The van der Waals surface area contributed by atoms with Gasteiger partial charge in [0.25, 0.3) is 0 Å². The molecule has 0 aliphatic carbocycles. The number of methoxy groups -OCH3 is 1. The van der Waals surface area contributed by atoms with Crippen molar-refractivity contribution in [2.24, 2.45) is 5.10 Å². The fourth-order valence-electron chi connectivity index (χ4n) is 2.24. The zero-order valence-corrected chi connectivity index (χ0v) is 19.5. The molecule has 0 heterocycles. The monoisotopic (exact) mass is 561 g/mol. The smallest absolute Gasteiger partial charge is 0.249 e. The summed E-state index contributed by atoms with van der Waals surface area (Å²) in [7, 11) is 1.53. The Hall–Kier alpha value is -2.30. The fourth-order valence-corrected chi connectivity index (χ4v) is 3.32. The van der Waals surface area contributed by atoms with Gasteiger partial charge in [0.2, 0.25) is 11.8 Å². The molecule has 0 saturated heterocycles. The van der Waals surface area contributed by atoms with E-state index in [0.717, 1.165) is 3.57 Å². The maximum atomic E-state index is 12.0. The van der Waals surface area contributed by atoms with Gasteiger partial charge in [0.05, 0.1) is 26.9 Å². The second-order valence-corrected chi connectivity index (χ2v) is 7.76. The third kappa shape index (κ3) is 7.19. The molecule has 0 fully saturated rings. The van der Waals surface area contributed by atoms with Crippen molar-refractivity contribution >= 4 is 69.5 Å². The number of carbonyl (C=O) groups excluding carboxylic acids is 2. The van der Waals surface area contributed by atoms with Crippen LogP contribution in [0.5, 0.6) is 11.5 Å². The number of hydrogen-bond donors (Lipinski definition) is 2. The van der Waals surface area contributed by atoms with Crippen LogP contribution in [0.1, 0.15) is 12.0 Å². The van der Waals surface area contributed by atoms with E-state index in [2.05, 4.69) is 45.0 Å². The van der Waals surface area contributed by atoms with Gasteiger partial charge in [-0.1, -0.05) is 35.9 Å². The predicted molar refractivity (Wildman–Crippen MR) is 127 cm³/mol. The molecule has 7 nitrogen and oxygen atoms in total. The van der Waals surface area contributed by atoms with Crippen molar-refractivity contribution in [2.75, 3.05) is 19.0 Å². The van der Waals surface area contributed by atoms with Crippen LogP contribution in [0.4, 0.5) is 5.69 Å². The van der Waals surface area contributed by atoms with Crippen molar-refractivity contribution in [2.45, 2.75) is 6.42 Å². The molecule has 158 valence electrons. The third-order valence-electron chi connectivity index (χ3n) is 3.52. The van der Waals surface area contributed by atoms with Crippen molar-refractivity contribution in [3.63, 3.8) is 0 Å². The molecule has 30 heavy (non-hydrogen) atoms. The molecule has 0 aromatic heterocycles. The Bertz CT molecular complexity index is 983. The van der Waals surface area contributed by atoms with E-state index in [1.54, 1.807) is 24.3 Å². The van der Waals surface area contributed by atoms with Crippen LogP contribution in [0.2, 0.25) is 10.0 Å². The molecule has 0 spiro atoms. The lowest BCUT2D eigenvalue weighted by Gasteiger charge is -2.12. The summed E-state index contributed by atoms with van der Waals surface area (Å²) < 4.78 is 11.7. The van der Waals surface area contributed by atoms with Crippen molar-refractivity contribution < 1.29 is 19.1 Å². The first-order chi connectivity index (χ1) is 14.3. The highest BCUT2D eigenvalue weighted by Gasteiger charge is 2.12. The highest BCUT2D eigenvalue weighted by molar-refractivity contribution is 14.1. The number of anilines is 1. The molecule has 10 heteroatoms. The number of ether oxygens (including phenoxy) is 2. The Labute approximate surface area is 197 Å². The third-order valence-corrected chi connectivity index (χ3v) is 5.06. The van der Waals surface area contributed by atoms with E-state index in [4.69, 9.17) is 32.7 Å². The average molecular weight is 562 g/mol. The summed E-state index contributed by atoms with van der Waals surface area (Å²) in [6, 6.07) is 8.16. The largest absolute Gasteiger partial charge is 0.493 e. The van der Waals surface area contributed by atoms with Gasteiger partial charge in [0, 0.05) is 5.69 Å². The van der Waals surface area contributed by atoms with Crippen LogP contribution in [0.25, 0.3) is 0 Å². The molecule has 0 bridgehead atoms. The summed E-state index contributed by atoms with van der Waals surface area (Å²) >= 11 is 13.8. The normalized spacial score (nSPS) is 10.5. The van der Waals surface area contributed by atoms with Gasteiger partial charge in [-0.15, -0.1) is 0 Å². The Morgan fingerprint density at radius 2 is 1.97 bits per heavy atom. The molecule has 0 radical (unpaired) electrons. The van der Waals surface area contributed by atoms with Crippen LogP contribution in [-0.4, -0.2) is 31.7 Å². The number of benzene rings is 2. The molecule has 2 aromatic carbocycles. The molecule has 2 rings (SSSR count). The van der Waals surface area contributed by atoms with E-state index in [0.29, 0.717) is 39.4 Å². The van der Waals surface area contributed by atoms with E-state index in [-0.39, 0.29) is 0 Å². The Kier molecular flexibility index (Phi) is 9.41. The lowest BCUT2D eigenvalue weighted by Crippen LogP contribution is -2.24. The molecular formula is C20H18Cl2IN3O4. The van der Waals surface area contributed by atoms with Crippen molar-refractivity contribution in [1.29, 1.82) is 0 Å². The van der Waals surface area contributed by atoms with Gasteiger partial charge in [-0.3, -0.25) is 9.59 Å². The summed E-state index contributed by atoms with van der Waals surface area (Å²) in [5.74, 6) is 0.0353. The Morgan fingerprint density at radius 3 is 2.63 bits per heavy atom. The van der Waals surface area contributed by atoms with Crippen molar-refractivity contribution in [3.8, 4) is 11.5 Å². The number of halogens is 3. The van der Waals surface area contributed by atoms with Crippen molar-refractivity contribution in [1.82, 2.24) is 5.43 Å². The number of carbonyl (C=O) groups is 2. The zero-order valence-electron chi connectivity index (χ0n) is 15.9. The minimum absolute atomic E-state index is 0.300. The molecule has 2 aromatic rings. The lowest BCUT2D eigenvalue weighted by atomic mass is 10.2. The lowest BCUT2D eigenvalue weighted by molar-refractivity contribution is -0.126. The standard InChI is InChI=1S/C20H18Cl2IN3O4/c1-3-6-30-20-16(23)7-12(8-17(20)29-2)11-24-26-19(28)10-18(27)25-13-4-5-14(21)15(22)9-13/h3-5,7-9,11H,1,6,10H2,2H3,(H,25,27)(H,26,28). The number of hydrazone groups is 1. The van der Waals surface area contributed by atoms with Gasteiger partial charge in [-0.2, -0.15) is 5.10 Å². The summed E-state index contributed by atoms with van der Waals surface area (Å²) in [6.07, 6.45) is 2.67. The van der Waals surface area contributed by atoms with E-state index < -0.39 is 18.2 Å². The van der Waals surface area contributed by atoms with Gasteiger partial charge in [0.15, 0.2) is 11.5 Å². The Morgan fingerprint density at radius 1 is 1.20 bits per heavy atom. The molecule has 0 saturated carbocycles. The van der Waals surface area contributed by atoms with Gasteiger partial charge in [-0.25, -0.2) is 5.43 Å². The van der Waals surface area contributed by atoms with Crippen LogP contribution in [0.3, 0.4) is 0 Å². The van der Waals surface area contributed by atoms with Gasteiger partial charge in [0.1, 0.15) is 13.0 Å². The fraction of sp³-hybridized carbons (Fsp3) is 0.150. The second kappa shape index (κ2) is 11.8. The summed E-state index contributed by atoms with van der Waals surface area (Å²) in [5, 5.41) is 7.11.